The van der Waals surface area contributed by atoms with Gasteiger partial charge in [-0.1, -0.05) is 11.6 Å². The fourth-order valence-corrected chi connectivity index (χ4v) is 2.89. The first-order valence-electron chi connectivity index (χ1n) is 7.95. The van der Waals surface area contributed by atoms with Crippen LogP contribution in [-0.2, 0) is 19.1 Å². The highest BCUT2D eigenvalue weighted by Gasteiger charge is 2.30. The number of hydrogen-bond donors (Lipinski definition) is 1. The predicted molar refractivity (Wildman–Crippen MR) is 90.8 cm³/mol. The second-order valence-electron chi connectivity index (χ2n) is 5.73. The van der Waals surface area contributed by atoms with E-state index in [0.717, 1.165) is 5.56 Å². The molecule has 0 aromatic heterocycles. The number of nitrogens with zero attached hydrogens (tertiary/aromatic N) is 1. The van der Waals surface area contributed by atoms with Gasteiger partial charge in [0.25, 0.3) is 0 Å². The maximum Gasteiger partial charge on any atom is 0.313 e. The molecule has 2 rings (SSSR count). The van der Waals surface area contributed by atoms with E-state index < -0.39 is 11.8 Å². The summed E-state index contributed by atoms with van der Waals surface area (Å²) in [4.78, 5) is 37.6. The minimum atomic E-state index is -0.685. The zero-order valence-electron chi connectivity index (χ0n) is 13.8. The normalized spacial score (nSPS) is 15.0. The third-order valence-electron chi connectivity index (χ3n) is 4.03. The number of halogens is 1. The standard InChI is InChI=1S/C17H21ClN2O4/c1-3-24-17(23)12-6-8-20(9-7-12)16(22)15(21)19-14-5-4-13(18)10-11(14)2/h4-5,10,12H,3,6-9H2,1-2H3,(H,19,21). The molecule has 7 heteroatoms. The van der Waals surface area contributed by atoms with Crippen molar-refractivity contribution in [1.29, 1.82) is 0 Å². The minimum Gasteiger partial charge on any atom is -0.466 e. The van der Waals surface area contributed by atoms with Crippen LogP contribution in [0.5, 0.6) is 0 Å². The van der Waals surface area contributed by atoms with E-state index in [9.17, 15) is 14.4 Å². The summed E-state index contributed by atoms with van der Waals surface area (Å²) in [6.07, 6.45) is 1.02. The van der Waals surface area contributed by atoms with E-state index in [1.54, 1.807) is 32.0 Å². The summed E-state index contributed by atoms with van der Waals surface area (Å²) in [6, 6.07) is 5.03. The summed E-state index contributed by atoms with van der Waals surface area (Å²) >= 11 is 5.87. The molecule has 1 aromatic rings. The number of aryl methyl sites for hydroxylation is 1. The van der Waals surface area contributed by atoms with E-state index in [1.807, 2.05) is 0 Å². The Morgan fingerprint density at radius 2 is 1.96 bits per heavy atom. The van der Waals surface area contributed by atoms with Gasteiger partial charge in [0.2, 0.25) is 0 Å². The van der Waals surface area contributed by atoms with E-state index in [-0.39, 0.29) is 11.9 Å². The van der Waals surface area contributed by atoms with Crippen LogP contribution in [0.25, 0.3) is 0 Å². The van der Waals surface area contributed by atoms with Gasteiger partial charge in [0.1, 0.15) is 0 Å². The molecule has 1 heterocycles. The third-order valence-corrected chi connectivity index (χ3v) is 4.27. The molecule has 0 unspecified atom stereocenters. The molecule has 1 fully saturated rings. The van der Waals surface area contributed by atoms with Crippen molar-refractivity contribution in [2.75, 3.05) is 25.0 Å². The van der Waals surface area contributed by atoms with Gasteiger partial charge >= 0.3 is 17.8 Å². The van der Waals surface area contributed by atoms with Crippen LogP contribution in [0.3, 0.4) is 0 Å². The van der Waals surface area contributed by atoms with Crippen molar-refractivity contribution < 1.29 is 19.1 Å². The van der Waals surface area contributed by atoms with Crippen molar-refractivity contribution >= 4 is 35.1 Å². The number of benzene rings is 1. The summed E-state index contributed by atoms with van der Waals surface area (Å²) in [5, 5.41) is 3.18. The van der Waals surface area contributed by atoms with E-state index in [2.05, 4.69) is 5.32 Å². The highest BCUT2D eigenvalue weighted by Crippen LogP contribution is 2.21. The smallest absolute Gasteiger partial charge is 0.313 e. The van der Waals surface area contributed by atoms with Crippen LogP contribution in [0, 0.1) is 12.8 Å². The first-order chi connectivity index (χ1) is 11.4. The second-order valence-corrected chi connectivity index (χ2v) is 6.17. The Hall–Kier alpha value is -2.08. The zero-order chi connectivity index (χ0) is 17.7. The molecular weight excluding hydrogens is 332 g/mol. The molecule has 1 aliphatic heterocycles. The number of ether oxygens (including phenoxy) is 1. The Labute approximate surface area is 146 Å². The number of hydrogen-bond acceptors (Lipinski definition) is 4. The fourth-order valence-electron chi connectivity index (χ4n) is 2.67. The van der Waals surface area contributed by atoms with Crippen LogP contribution >= 0.6 is 11.6 Å². The van der Waals surface area contributed by atoms with Crippen LogP contribution < -0.4 is 5.32 Å². The fraction of sp³-hybridized carbons (Fsp3) is 0.471. The molecule has 0 atom stereocenters. The lowest BCUT2D eigenvalue weighted by molar-refractivity contribution is -0.152. The number of carbonyl (C=O) groups is 3. The molecule has 0 aliphatic carbocycles. The van der Waals surface area contributed by atoms with E-state index in [4.69, 9.17) is 16.3 Å². The molecule has 0 spiro atoms. The Balaban J connectivity index is 1.90. The summed E-state index contributed by atoms with van der Waals surface area (Å²) < 4.78 is 4.99. The van der Waals surface area contributed by atoms with E-state index in [1.165, 1.54) is 4.90 Å². The van der Waals surface area contributed by atoms with Gasteiger partial charge < -0.3 is 15.0 Å². The number of anilines is 1. The van der Waals surface area contributed by atoms with Crippen molar-refractivity contribution in [3.8, 4) is 0 Å². The number of carbonyl (C=O) groups excluding carboxylic acids is 3. The number of amides is 2. The largest absolute Gasteiger partial charge is 0.466 e. The second kappa shape index (κ2) is 8.15. The molecule has 6 nitrogen and oxygen atoms in total. The molecule has 0 bridgehead atoms. The molecule has 24 heavy (non-hydrogen) atoms. The van der Waals surface area contributed by atoms with Crippen molar-refractivity contribution in [1.82, 2.24) is 4.90 Å². The lowest BCUT2D eigenvalue weighted by Gasteiger charge is -2.30. The predicted octanol–water partition coefficient (Wildman–Crippen LogP) is 2.39. The summed E-state index contributed by atoms with van der Waals surface area (Å²) in [5.74, 6) is -1.71. The van der Waals surface area contributed by atoms with Crippen LogP contribution in [-0.4, -0.2) is 42.4 Å². The number of esters is 1. The molecular formula is C17H21ClN2O4. The molecule has 130 valence electrons. The SMILES string of the molecule is CCOC(=O)C1CCN(C(=O)C(=O)Nc2ccc(Cl)cc2C)CC1. The van der Waals surface area contributed by atoms with Gasteiger partial charge in [-0.05, 0) is 50.5 Å². The molecule has 1 aromatic carbocycles. The van der Waals surface area contributed by atoms with Crippen molar-refractivity contribution in [2.45, 2.75) is 26.7 Å². The Morgan fingerprint density at radius 1 is 1.29 bits per heavy atom. The number of rotatable bonds is 3. The zero-order valence-corrected chi connectivity index (χ0v) is 14.6. The van der Waals surface area contributed by atoms with E-state index in [0.29, 0.717) is 43.2 Å². The van der Waals surface area contributed by atoms with Gasteiger partial charge in [0.15, 0.2) is 0 Å². The molecule has 0 saturated carbocycles. The minimum absolute atomic E-state index is 0.199. The van der Waals surface area contributed by atoms with Crippen LogP contribution in [0.1, 0.15) is 25.3 Å². The highest BCUT2D eigenvalue weighted by atomic mass is 35.5. The Morgan fingerprint density at radius 3 is 2.54 bits per heavy atom. The lowest BCUT2D eigenvalue weighted by Crippen LogP contribution is -2.45. The van der Waals surface area contributed by atoms with Crippen molar-refractivity contribution in [3.63, 3.8) is 0 Å². The quantitative estimate of drug-likeness (QED) is 0.669. The maximum atomic E-state index is 12.3. The Bertz CT molecular complexity index is 639. The summed E-state index contributed by atoms with van der Waals surface area (Å²) in [7, 11) is 0. The van der Waals surface area contributed by atoms with Gasteiger partial charge in [-0.2, -0.15) is 0 Å². The van der Waals surface area contributed by atoms with Gasteiger partial charge in [0.05, 0.1) is 12.5 Å². The topological polar surface area (TPSA) is 75.7 Å². The average Bonchev–Trinajstić information content (AvgIpc) is 2.57. The third kappa shape index (κ3) is 4.47. The molecule has 1 saturated heterocycles. The van der Waals surface area contributed by atoms with Crippen molar-refractivity contribution in [2.24, 2.45) is 5.92 Å². The van der Waals surface area contributed by atoms with Gasteiger partial charge in [-0.15, -0.1) is 0 Å². The van der Waals surface area contributed by atoms with Crippen LogP contribution in [0.4, 0.5) is 5.69 Å². The van der Waals surface area contributed by atoms with Gasteiger partial charge in [0, 0.05) is 23.8 Å². The molecule has 2 amide bonds. The first-order valence-corrected chi connectivity index (χ1v) is 8.33. The number of nitrogens with one attached hydrogen (secondary N) is 1. The number of likely N-dealkylation sites (tertiary alicyclic amines) is 1. The van der Waals surface area contributed by atoms with Gasteiger partial charge in [-0.3, -0.25) is 14.4 Å². The van der Waals surface area contributed by atoms with E-state index >= 15 is 0 Å². The van der Waals surface area contributed by atoms with Gasteiger partial charge in [-0.25, -0.2) is 0 Å². The maximum absolute atomic E-state index is 12.3. The number of piperidine rings is 1. The monoisotopic (exact) mass is 352 g/mol. The summed E-state index contributed by atoms with van der Waals surface area (Å²) in [6.45, 7) is 4.65. The summed E-state index contributed by atoms with van der Waals surface area (Å²) in [5.41, 5.74) is 1.34. The highest BCUT2D eigenvalue weighted by molar-refractivity contribution is 6.39. The molecule has 0 radical (unpaired) electrons. The Kier molecular flexibility index (Phi) is 6.20. The first kappa shape index (κ1) is 18.3. The van der Waals surface area contributed by atoms with Crippen LogP contribution in [0.15, 0.2) is 18.2 Å². The average molecular weight is 353 g/mol. The molecule has 1 N–H and O–H groups in total. The molecule has 1 aliphatic rings. The van der Waals surface area contributed by atoms with Crippen molar-refractivity contribution in [3.05, 3.63) is 28.8 Å². The van der Waals surface area contributed by atoms with Crippen LogP contribution in [0.2, 0.25) is 5.02 Å². The lowest BCUT2D eigenvalue weighted by atomic mass is 9.97.